The minimum Gasteiger partial charge on any atom is -0.479 e. The number of methoxy groups -OCH3 is 1. The second-order valence-corrected chi connectivity index (χ2v) is 6.09. The summed E-state index contributed by atoms with van der Waals surface area (Å²) in [6, 6.07) is 0. The lowest BCUT2D eigenvalue weighted by atomic mass is 10.5. The number of hydrogen-bond donors (Lipinski definition) is 1. The molecule has 1 aromatic heterocycles. The third-order valence-electron chi connectivity index (χ3n) is 1.44. The number of rotatable bonds is 2. The van der Waals surface area contributed by atoms with Gasteiger partial charge in [0.25, 0.3) is 0 Å². The summed E-state index contributed by atoms with van der Waals surface area (Å²) >= 11 is 0. The van der Waals surface area contributed by atoms with Crippen LogP contribution >= 0.6 is 7.14 Å². The molecule has 0 atom stereocenters. The van der Waals surface area contributed by atoms with E-state index >= 15 is 0 Å². The van der Waals surface area contributed by atoms with Crippen LogP contribution in [-0.2, 0) is 4.57 Å². The van der Waals surface area contributed by atoms with Gasteiger partial charge in [-0.25, -0.2) is 4.98 Å². The van der Waals surface area contributed by atoms with Gasteiger partial charge < -0.3 is 15.0 Å². The zero-order valence-corrected chi connectivity index (χ0v) is 8.71. The third kappa shape index (κ3) is 2.18. The molecule has 0 radical (unpaired) electrons. The van der Waals surface area contributed by atoms with Gasteiger partial charge in [0.1, 0.15) is 12.8 Å². The molecule has 1 rings (SSSR count). The predicted molar refractivity (Wildman–Crippen MR) is 52.1 cm³/mol. The molecule has 1 heterocycles. The number of hydrogen-bond acceptors (Lipinski definition) is 5. The van der Waals surface area contributed by atoms with Crippen molar-refractivity contribution >= 4 is 18.4 Å². The zero-order valence-electron chi connectivity index (χ0n) is 7.81. The maximum absolute atomic E-state index is 11.6. The van der Waals surface area contributed by atoms with E-state index in [2.05, 4.69) is 9.97 Å². The Morgan fingerprint density at radius 3 is 2.62 bits per heavy atom. The highest BCUT2D eigenvalue weighted by atomic mass is 31.2. The predicted octanol–water partition coefficient (Wildman–Crippen LogP) is 0.315. The summed E-state index contributed by atoms with van der Waals surface area (Å²) in [5, 5.41) is 0. The SMILES string of the molecule is COc1nc(P(C)(C)=O)ncc1N. The molecule has 5 nitrogen and oxygen atoms in total. The standard InChI is InChI=1S/C7H12N3O2P/c1-12-6-5(8)4-9-7(10-6)13(2,3)11/h4H,8H2,1-3H3. The molecule has 0 spiro atoms. The van der Waals surface area contributed by atoms with E-state index in [1.807, 2.05) is 0 Å². The fourth-order valence-electron chi connectivity index (χ4n) is 0.790. The molecule has 0 saturated carbocycles. The highest BCUT2D eigenvalue weighted by molar-refractivity contribution is 7.69. The summed E-state index contributed by atoms with van der Waals surface area (Å²) in [6.45, 7) is 3.19. The van der Waals surface area contributed by atoms with Crippen LogP contribution in [0.1, 0.15) is 0 Å². The van der Waals surface area contributed by atoms with Crippen molar-refractivity contribution in [2.45, 2.75) is 0 Å². The average Bonchev–Trinajstić information content (AvgIpc) is 2.03. The number of ether oxygens (including phenoxy) is 1. The molecule has 0 aliphatic rings. The molecule has 0 amide bonds. The summed E-state index contributed by atoms with van der Waals surface area (Å²) < 4.78 is 16.5. The summed E-state index contributed by atoms with van der Waals surface area (Å²) in [6.07, 6.45) is 1.40. The molecule has 1 aromatic rings. The first-order valence-electron chi connectivity index (χ1n) is 3.67. The van der Waals surface area contributed by atoms with E-state index in [-0.39, 0.29) is 5.88 Å². The second kappa shape index (κ2) is 3.34. The van der Waals surface area contributed by atoms with Gasteiger partial charge in [-0.1, -0.05) is 0 Å². The molecule has 6 heteroatoms. The smallest absolute Gasteiger partial charge is 0.240 e. The molecule has 0 aliphatic heterocycles. The Labute approximate surface area is 76.7 Å². The van der Waals surface area contributed by atoms with Crippen LogP contribution < -0.4 is 16.0 Å². The van der Waals surface area contributed by atoms with Gasteiger partial charge in [0.15, 0.2) is 5.57 Å². The molecule has 0 bridgehead atoms. The van der Waals surface area contributed by atoms with E-state index < -0.39 is 7.14 Å². The monoisotopic (exact) mass is 201 g/mol. The summed E-state index contributed by atoms with van der Waals surface area (Å²) in [5.41, 5.74) is 6.14. The lowest BCUT2D eigenvalue weighted by Gasteiger charge is -2.07. The van der Waals surface area contributed by atoms with Crippen molar-refractivity contribution < 1.29 is 9.30 Å². The van der Waals surface area contributed by atoms with Crippen LogP contribution in [-0.4, -0.2) is 30.4 Å². The van der Waals surface area contributed by atoms with Crippen LogP contribution in [0.2, 0.25) is 0 Å². The lowest BCUT2D eigenvalue weighted by Crippen LogP contribution is -2.15. The Hall–Kier alpha value is -1.09. The summed E-state index contributed by atoms with van der Waals surface area (Å²) in [4.78, 5) is 7.82. The van der Waals surface area contributed by atoms with E-state index in [0.29, 0.717) is 11.3 Å². The zero-order chi connectivity index (χ0) is 10.1. The largest absolute Gasteiger partial charge is 0.479 e. The maximum Gasteiger partial charge on any atom is 0.240 e. The Morgan fingerprint density at radius 2 is 2.15 bits per heavy atom. The Kier molecular flexibility index (Phi) is 2.57. The molecule has 2 N–H and O–H groups in total. The van der Waals surface area contributed by atoms with Gasteiger partial charge in [0.05, 0.1) is 13.3 Å². The van der Waals surface area contributed by atoms with Crippen molar-refractivity contribution in [1.82, 2.24) is 9.97 Å². The fraction of sp³-hybridized carbons (Fsp3) is 0.429. The number of nitrogen functional groups attached to an aromatic ring is 1. The molecule has 0 fully saturated rings. The van der Waals surface area contributed by atoms with Gasteiger partial charge in [-0.15, -0.1) is 0 Å². The topological polar surface area (TPSA) is 78.1 Å². The quantitative estimate of drug-likeness (QED) is 0.697. The Bertz CT molecular complexity index is 361. The van der Waals surface area contributed by atoms with Crippen molar-refractivity contribution in [1.29, 1.82) is 0 Å². The van der Waals surface area contributed by atoms with Gasteiger partial charge in [0.2, 0.25) is 5.88 Å². The van der Waals surface area contributed by atoms with Gasteiger partial charge in [-0.2, -0.15) is 4.98 Å². The fourth-order valence-corrected chi connectivity index (χ4v) is 1.46. The van der Waals surface area contributed by atoms with Gasteiger partial charge >= 0.3 is 0 Å². The van der Waals surface area contributed by atoms with Gasteiger partial charge in [-0.05, 0) is 13.3 Å². The van der Waals surface area contributed by atoms with Gasteiger partial charge in [-0.3, -0.25) is 0 Å². The minimum atomic E-state index is -2.44. The number of anilines is 1. The van der Waals surface area contributed by atoms with Crippen molar-refractivity contribution in [3.8, 4) is 5.88 Å². The Balaban J connectivity index is 3.22. The number of nitrogens with two attached hydrogens (primary N) is 1. The van der Waals surface area contributed by atoms with Gasteiger partial charge in [0, 0.05) is 0 Å². The molecule has 13 heavy (non-hydrogen) atoms. The minimum absolute atomic E-state index is 0.272. The third-order valence-corrected chi connectivity index (χ3v) is 2.62. The maximum atomic E-state index is 11.6. The second-order valence-electron chi connectivity index (χ2n) is 2.99. The highest BCUT2D eigenvalue weighted by Crippen LogP contribution is 2.33. The average molecular weight is 201 g/mol. The number of aromatic nitrogens is 2. The van der Waals surface area contributed by atoms with Crippen molar-refractivity contribution in [3.05, 3.63) is 6.20 Å². The molecular weight excluding hydrogens is 189 g/mol. The van der Waals surface area contributed by atoms with E-state index in [1.165, 1.54) is 13.3 Å². The molecule has 0 unspecified atom stereocenters. The first kappa shape index (κ1) is 9.99. The molecular formula is C7H12N3O2P. The highest BCUT2D eigenvalue weighted by Gasteiger charge is 2.16. The van der Waals surface area contributed by atoms with Crippen LogP contribution in [0.25, 0.3) is 0 Å². The molecule has 0 aromatic carbocycles. The lowest BCUT2D eigenvalue weighted by molar-refractivity contribution is 0.400. The first-order valence-corrected chi connectivity index (χ1v) is 6.27. The normalized spacial score (nSPS) is 11.3. The van der Waals surface area contributed by atoms with Crippen molar-refractivity contribution in [2.75, 3.05) is 26.2 Å². The van der Waals surface area contributed by atoms with Crippen molar-refractivity contribution in [2.24, 2.45) is 0 Å². The number of nitrogens with zero attached hydrogens (tertiary/aromatic N) is 2. The van der Waals surface area contributed by atoms with E-state index in [9.17, 15) is 4.57 Å². The van der Waals surface area contributed by atoms with E-state index in [1.54, 1.807) is 13.3 Å². The van der Waals surface area contributed by atoms with Crippen LogP contribution in [0.3, 0.4) is 0 Å². The molecule has 72 valence electrons. The summed E-state index contributed by atoms with van der Waals surface area (Å²) in [7, 11) is -0.979. The summed E-state index contributed by atoms with van der Waals surface area (Å²) in [5.74, 6) is 0.272. The molecule has 0 saturated heterocycles. The first-order chi connectivity index (χ1) is 5.95. The van der Waals surface area contributed by atoms with Crippen molar-refractivity contribution in [3.63, 3.8) is 0 Å². The van der Waals surface area contributed by atoms with E-state index in [0.717, 1.165) is 0 Å². The van der Waals surface area contributed by atoms with Crippen LogP contribution in [0, 0.1) is 0 Å². The van der Waals surface area contributed by atoms with Crippen LogP contribution in [0.4, 0.5) is 5.69 Å². The van der Waals surface area contributed by atoms with Crippen LogP contribution in [0.15, 0.2) is 6.20 Å². The van der Waals surface area contributed by atoms with E-state index in [4.69, 9.17) is 10.5 Å². The molecule has 0 aliphatic carbocycles. The Morgan fingerprint density at radius 1 is 1.54 bits per heavy atom. The van der Waals surface area contributed by atoms with Crippen LogP contribution in [0.5, 0.6) is 5.88 Å².